The molecule has 3 aromatic heterocycles. The highest BCUT2D eigenvalue weighted by atomic mass is 16.5. The highest BCUT2D eigenvalue weighted by Crippen LogP contribution is 2.36. The Labute approximate surface area is 210 Å². The molecule has 1 unspecified atom stereocenters. The van der Waals surface area contributed by atoms with Gasteiger partial charge in [0.2, 0.25) is 0 Å². The second-order valence-corrected chi connectivity index (χ2v) is 9.08. The van der Waals surface area contributed by atoms with Crippen LogP contribution in [0, 0.1) is 0 Å². The molecule has 12 heteroatoms. The van der Waals surface area contributed by atoms with Gasteiger partial charge in [-0.15, -0.1) is 0 Å². The van der Waals surface area contributed by atoms with Crippen LogP contribution in [-0.4, -0.2) is 88.0 Å². The third-order valence-corrected chi connectivity index (χ3v) is 6.31. The van der Waals surface area contributed by atoms with Crippen LogP contribution in [0.4, 0.5) is 5.82 Å². The number of nitrogens with one attached hydrogen (secondary N) is 2. The van der Waals surface area contributed by atoms with E-state index in [1.165, 1.54) is 0 Å². The SMILES string of the molecule is COC[C@@H](C)Oc1nc(C(O)N[C@H](C)CO)cc(N2CCC(c3[nH]nc4nccc(OC)c34)CC2)n1. The second kappa shape index (κ2) is 11.8. The predicted octanol–water partition coefficient (Wildman–Crippen LogP) is 1.52. The molecule has 0 aliphatic carbocycles. The maximum atomic E-state index is 10.7. The Morgan fingerprint density at radius 2 is 2.00 bits per heavy atom. The summed E-state index contributed by atoms with van der Waals surface area (Å²) in [6.07, 6.45) is 2.09. The normalized spacial score (nSPS) is 17.2. The number of H-pyrrole nitrogens is 1. The first kappa shape index (κ1) is 26.0. The molecule has 0 bridgehead atoms. The molecular formula is C24H35N7O5. The Morgan fingerprint density at radius 1 is 1.22 bits per heavy atom. The van der Waals surface area contributed by atoms with Gasteiger partial charge in [0.25, 0.3) is 0 Å². The molecule has 3 aromatic rings. The fourth-order valence-electron chi connectivity index (χ4n) is 4.44. The van der Waals surface area contributed by atoms with Crippen LogP contribution >= 0.6 is 0 Å². The Kier molecular flexibility index (Phi) is 8.52. The van der Waals surface area contributed by atoms with E-state index < -0.39 is 6.23 Å². The van der Waals surface area contributed by atoms with E-state index in [1.54, 1.807) is 33.4 Å². The number of piperidine rings is 1. The third kappa shape index (κ3) is 5.84. The lowest BCUT2D eigenvalue weighted by atomic mass is 9.92. The topological polar surface area (TPSA) is 151 Å². The molecule has 3 atom stereocenters. The lowest BCUT2D eigenvalue weighted by Crippen LogP contribution is -2.35. The minimum Gasteiger partial charge on any atom is -0.496 e. The van der Waals surface area contributed by atoms with E-state index >= 15 is 0 Å². The first-order chi connectivity index (χ1) is 17.4. The first-order valence-corrected chi connectivity index (χ1v) is 12.1. The van der Waals surface area contributed by atoms with Gasteiger partial charge in [0, 0.05) is 44.4 Å². The van der Waals surface area contributed by atoms with Gasteiger partial charge >= 0.3 is 6.01 Å². The van der Waals surface area contributed by atoms with E-state index in [0.717, 1.165) is 42.8 Å². The molecule has 4 heterocycles. The van der Waals surface area contributed by atoms with E-state index in [2.05, 4.69) is 35.4 Å². The van der Waals surface area contributed by atoms with Gasteiger partial charge in [0.05, 0.1) is 37.1 Å². The molecule has 0 saturated carbocycles. The second-order valence-electron chi connectivity index (χ2n) is 9.08. The molecule has 1 fully saturated rings. The summed E-state index contributed by atoms with van der Waals surface area (Å²) in [7, 11) is 3.25. The van der Waals surface area contributed by atoms with Crippen molar-refractivity contribution in [1.82, 2.24) is 30.5 Å². The number of nitrogens with zero attached hydrogens (tertiary/aromatic N) is 5. The average molecular weight is 502 g/mol. The number of rotatable bonds is 11. The molecule has 0 amide bonds. The molecular weight excluding hydrogens is 466 g/mol. The summed E-state index contributed by atoms with van der Waals surface area (Å²) >= 11 is 0. The van der Waals surface area contributed by atoms with E-state index in [-0.39, 0.29) is 30.7 Å². The Bertz CT molecular complexity index is 1140. The molecule has 0 aromatic carbocycles. The van der Waals surface area contributed by atoms with Crippen molar-refractivity contribution >= 4 is 16.9 Å². The van der Waals surface area contributed by atoms with Crippen LogP contribution < -0.4 is 19.7 Å². The molecule has 1 aliphatic heterocycles. The lowest BCUT2D eigenvalue weighted by molar-refractivity contribution is 0.0818. The first-order valence-electron chi connectivity index (χ1n) is 12.1. The van der Waals surface area contributed by atoms with Gasteiger partial charge in [0.15, 0.2) is 5.65 Å². The highest BCUT2D eigenvalue weighted by molar-refractivity contribution is 5.85. The van der Waals surface area contributed by atoms with Crippen molar-refractivity contribution in [2.45, 2.75) is 51.0 Å². The van der Waals surface area contributed by atoms with E-state index in [9.17, 15) is 10.2 Å². The van der Waals surface area contributed by atoms with Crippen molar-refractivity contribution in [1.29, 1.82) is 0 Å². The molecule has 12 nitrogen and oxygen atoms in total. The van der Waals surface area contributed by atoms with Crippen LogP contribution in [0.3, 0.4) is 0 Å². The monoisotopic (exact) mass is 501 g/mol. The zero-order valence-corrected chi connectivity index (χ0v) is 21.1. The quantitative estimate of drug-likeness (QED) is 0.283. The largest absolute Gasteiger partial charge is 0.496 e. The summed E-state index contributed by atoms with van der Waals surface area (Å²) < 4.78 is 16.6. The molecule has 36 heavy (non-hydrogen) atoms. The third-order valence-electron chi connectivity index (χ3n) is 6.31. The molecule has 0 spiro atoms. The summed E-state index contributed by atoms with van der Waals surface area (Å²) in [5.74, 6) is 1.70. The van der Waals surface area contributed by atoms with Crippen molar-refractivity contribution in [3.63, 3.8) is 0 Å². The lowest BCUT2D eigenvalue weighted by Gasteiger charge is -2.33. The van der Waals surface area contributed by atoms with Crippen LogP contribution in [0.25, 0.3) is 11.0 Å². The Balaban J connectivity index is 1.54. The van der Waals surface area contributed by atoms with Crippen LogP contribution in [-0.2, 0) is 4.74 Å². The van der Waals surface area contributed by atoms with Crippen molar-refractivity contribution in [3.8, 4) is 11.8 Å². The van der Waals surface area contributed by atoms with Gasteiger partial charge in [0.1, 0.15) is 23.9 Å². The van der Waals surface area contributed by atoms with Crippen molar-refractivity contribution in [3.05, 3.63) is 29.7 Å². The molecule has 1 aliphatic rings. The van der Waals surface area contributed by atoms with Gasteiger partial charge in [-0.3, -0.25) is 10.4 Å². The number of methoxy groups -OCH3 is 2. The van der Waals surface area contributed by atoms with Gasteiger partial charge in [-0.05, 0) is 32.8 Å². The highest BCUT2D eigenvalue weighted by Gasteiger charge is 2.27. The van der Waals surface area contributed by atoms with Crippen LogP contribution in [0.15, 0.2) is 18.3 Å². The fourth-order valence-corrected chi connectivity index (χ4v) is 4.44. The molecule has 4 rings (SSSR count). The molecule has 4 N–H and O–H groups in total. The minimum atomic E-state index is -1.08. The van der Waals surface area contributed by atoms with Gasteiger partial charge in [-0.2, -0.15) is 15.1 Å². The van der Waals surface area contributed by atoms with E-state index in [0.29, 0.717) is 23.8 Å². The maximum absolute atomic E-state index is 10.7. The van der Waals surface area contributed by atoms with Crippen LogP contribution in [0.5, 0.6) is 11.8 Å². The number of aromatic amines is 1. The molecule has 196 valence electrons. The summed E-state index contributed by atoms with van der Waals surface area (Å²) in [6.45, 7) is 5.40. The fraction of sp³-hybridized carbons (Fsp3) is 0.583. The summed E-state index contributed by atoms with van der Waals surface area (Å²) in [5.41, 5.74) is 2.06. The van der Waals surface area contributed by atoms with Gasteiger partial charge in [-0.1, -0.05) is 0 Å². The molecule has 0 radical (unpaired) electrons. The molecule has 1 saturated heterocycles. The number of fused-ring (bicyclic) bond motifs is 1. The number of hydrogen-bond acceptors (Lipinski definition) is 11. The van der Waals surface area contributed by atoms with E-state index in [4.69, 9.17) is 14.2 Å². The standard InChI is InChI=1S/C24H35N7O5/c1-14(12-32)26-23(33)17-11-19(28-24(27-17)36-15(2)13-34-3)31-9-6-16(7-10-31)21-20-18(35-4)5-8-25-22(20)30-29-21/h5,8,11,14-16,23,26,32-33H,6-7,9-10,12-13H2,1-4H3,(H,25,29,30)/t14-,15-,23?/m1/s1. The summed E-state index contributed by atoms with van der Waals surface area (Å²) in [6, 6.07) is 3.47. The number of ether oxygens (including phenoxy) is 3. The maximum Gasteiger partial charge on any atom is 0.319 e. The number of aliphatic hydroxyl groups is 2. The van der Waals surface area contributed by atoms with Gasteiger partial charge < -0.3 is 29.3 Å². The predicted molar refractivity (Wildman–Crippen MR) is 133 cm³/mol. The van der Waals surface area contributed by atoms with E-state index in [1.807, 2.05) is 13.0 Å². The van der Waals surface area contributed by atoms with Gasteiger partial charge in [-0.25, -0.2) is 4.98 Å². The zero-order valence-electron chi connectivity index (χ0n) is 21.1. The average Bonchev–Trinajstić information content (AvgIpc) is 3.33. The summed E-state index contributed by atoms with van der Waals surface area (Å²) in [5, 5.41) is 31.4. The number of aliphatic hydroxyl groups excluding tert-OH is 2. The number of pyridine rings is 1. The number of anilines is 1. The number of hydrogen-bond donors (Lipinski definition) is 4. The van der Waals surface area contributed by atoms with Crippen molar-refractivity contribution in [2.75, 3.05) is 45.4 Å². The zero-order chi connectivity index (χ0) is 25.7. The minimum absolute atomic E-state index is 0.112. The van der Waals surface area contributed by atoms with Crippen LogP contribution in [0.1, 0.15) is 50.2 Å². The van der Waals surface area contributed by atoms with Crippen molar-refractivity contribution < 1.29 is 24.4 Å². The smallest absolute Gasteiger partial charge is 0.319 e. The Morgan fingerprint density at radius 3 is 2.69 bits per heavy atom. The van der Waals surface area contributed by atoms with Crippen LogP contribution in [0.2, 0.25) is 0 Å². The Hall–Kier alpha value is -3.06. The summed E-state index contributed by atoms with van der Waals surface area (Å²) in [4.78, 5) is 15.5. The van der Waals surface area contributed by atoms with Crippen molar-refractivity contribution in [2.24, 2.45) is 0 Å². The number of aromatic nitrogens is 5.